The number of carbonyl (C=O) groups excluding carboxylic acids is 1. The van der Waals surface area contributed by atoms with Crippen LogP contribution in [-0.4, -0.2) is 34.9 Å². The van der Waals surface area contributed by atoms with Gasteiger partial charge in [-0.3, -0.25) is 4.79 Å². The minimum Gasteiger partial charge on any atom is -0.394 e. The molecule has 0 aromatic heterocycles. The average molecular weight is 792 g/mol. The third kappa shape index (κ3) is 44.5. The average Bonchev–Trinajstić information content (AvgIpc) is 3.22. The SMILES string of the molecule is CC/C=C\C/C=C\C/C=C\C/C=C\C/C=C\CCCCCCCCCCCC(=O)NC(CO)C(O)/C=C/CC/C=C/CCCCCCCCCCCCCCCC. The Morgan fingerprint density at radius 1 is 0.439 bits per heavy atom. The van der Waals surface area contributed by atoms with Gasteiger partial charge in [0.15, 0.2) is 0 Å². The molecule has 0 fully saturated rings. The lowest BCUT2D eigenvalue weighted by molar-refractivity contribution is -0.123. The molecule has 2 atom stereocenters. The number of amides is 1. The first-order valence-electron chi connectivity index (χ1n) is 24.3. The fourth-order valence-corrected chi connectivity index (χ4v) is 6.93. The van der Waals surface area contributed by atoms with E-state index in [0.717, 1.165) is 70.6 Å². The van der Waals surface area contributed by atoms with Crippen LogP contribution in [0.25, 0.3) is 0 Å². The van der Waals surface area contributed by atoms with Crippen LogP contribution >= 0.6 is 0 Å². The Labute approximate surface area is 354 Å². The van der Waals surface area contributed by atoms with Gasteiger partial charge in [-0.05, 0) is 77.0 Å². The van der Waals surface area contributed by atoms with E-state index in [0.29, 0.717) is 6.42 Å². The van der Waals surface area contributed by atoms with Crippen molar-refractivity contribution < 1.29 is 15.0 Å². The molecule has 3 N–H and O–H groups in total. The molecule has 0 aliphatic rings. The van der Waals surface area contributed by atoms with Crippen molar-refractivity contribution in [2.75, 3.05) is 6.61 Å². The van der Waals surface area contributed by atoms with Crippen LogP contribution in [0.4, 0.5) is 0 Å². The minimum atomic E-state index is -0.870. The molecule has 0 rings (SSSR count). The number of rotatable bonds is 43. The van der Waals surface area contributed by atoms with Crippen LogP contribution in [0.3, 0.4) is 0 Å². The van der Waals surface area contributed by atoms with E-state index in [2.05, 4.69) is 92.1 Å². The first kappa shape index (κ1) is 54.6. The van der Waals surface area contributed by atoms with E-state index in [9.17, 15) is 15.0 Å². The maximum absolute atomic E-state index is 12.4. The Morgan fingerprint density at radius 3 is 1.23 bits per heavy atom. The molecule has 0 aromatic rings. The summed E-state index contributed by atoms with van der Waals surface area (Å²) in [6.07, 6.45) is 69.9. The molecule has 2 unspecified atom stereocenters. The van der Waals surface area contributed by atoms with Crippen molar-refractivity contribution in [3.8, 4) is 0 Å². The minimum absolute atomic E-state index is 0.0829. The summed E-state index contributed by atoms with van der Waals surface area (Å²) in [6, 6.07) is -0.648. The number of hydrogen-bond acceptors (Lipinski definition) is 3. The highest BCUT2D eigenvalue weighted by Gasteiger charge is 2.17. The van der Waals surface area contributed by atoms with E-state index in [1.54, 1.807) is 6.08 Å². The monoisotopic (exact) mass is 792 g/mol. The van der Waals surface area contributed by atoms with Gasteiger partial charge in [-0.25, -0.2) is 0 Å². The van der Waals surface area contributed by atoms with Gasteiger partial charge >= 0.3 is 0 Å². The van der Waals surface area contributed by atoms with Crippen molar-refractivity contribution >= 4 is 5.91 Å². The first-order chi connectivity index (χ1) is 28.2. The third-order valence-electron chi connectivity index (χ3n) is 10.6. The zero-order valence-electron chi connectivity index (χ0n) is 37.6. The second kappa shape index (κ2) is 47.9. The van der Waals surface area contributed by atoms with Gasteiger partial charge in [-0.2, -0.15) is 0 Å². The van der Waals surface area contributed by atoms with Crippen LogP contribution < -0.4 is 5.32 Å². The molecule has 0 heterocycles. The molecule has 0 radical (unpaired) electrons. The van der Waals surface area contributed by atoms with Crippen molar-refractivity contribution in [2.45, 2.75) is 238 Å². The molecule has 328 valence electrons. The highest BCUT2D eigenvalue weighted by molar-refractivity contribution is 5.76. The normalized spacial score (nSPS) is 13.7. The predicted octanol–water partition coefficient (Wildman–Crippen LogP) is 15.6. The molecule has 0 saturated carbocycles. The van der Waals surface area contributed by atoms with Crippen molar-refractivity contribution in [3.63, 3.8) is 0 Å². The number of carbonyl (C=O) groups is 1. The Morgan fingerprint density at radius 2 is 0.789 bits per heavy atom. The lowest BCUT2D eigenvalue weighted by Gasteiger charge is -2.19. The summed E-state index contributed by atoms with van der Waals surface area (Å²) in [4.78, 5) is 12.4. The van der Waals surface area contributed by atoms with Crippen LogP contribution in [0.1, 0.15) is 226 Å². The molecule has 0 spiro atoms. The lowest BCUT2D eigenvalue weighted by atomic mass is 10.0. The van der Waals surface area contributed by atoms with Gasteiger partial charge in [0.2, 0.25) is 5.91 Å². The summed E-state index contributed by atoms with van der Waals surface area (Å²) in [5.41, 5.74) is 0. The van der Waals surface area contributed by atoms with Crippen molar-refractivity contribution in [2.24, 2.45) is 0 Å². The highest BCUT2D eigenvalue weighted by Crippen LogP contribution is 2.14. The Balaban J connectivity index is 3.63. The summed E-state index contributed by atoms with van der Waals surface area (Å²) >= 11 is 0. The quantitative estimate of drug-likeness (QED) is 0.0425. The van der Waals surface area contributed by atoms with Crippen molar-refractivity contribution in [1.29, 1.82) is 0 Å². The molecule has 0 saturated heterocycles. The van der Waals surface area contributed by atoms with E-state index >= 15 is 0 Å². The van der Waals surface area contributed by atoms with Crippen LogP contribution in [0.2, 0.25) is 0 Å². The number of aliphatic hydroxyl groups excluding tert-OH is 2. The second-order valence-electron chi connectivity index (χ2n) is 16.1. The Bertz CT molecular complexity index is 1030. The smallest absolute Gasteiger partial charge is 0.220 e. The van der Waals surface area contributed by atoms with Crippen molar-refractivity contribution in [3.05, 3.63) is 85.1 Å². The number of hydrogen-bond donors (Lipinski definition) is 3. The summed E-state index contributed by atoms with van der Waals surface area (Å²) in [5, 5.41) is 23.1. The molecule has 0 aliphatic heterocycles. The predicted molar refractivity (Wildman–Crippen MR) is 253 cm³/mol. The molecule has 0 bridgehead atoms. The van der Waals surface area contributed by atoms with Gasteiger partial charge in [0, 0.05) is 6.42 Å². The maximum atomic E-state index is 12.4. The fourth-order valence-electron chi connectivity index (χ4n) is 6.93. The van der Waals surface area contributed by atoms with E-state index in [-0.39, 0.29) is 12.5 Å². The standard InChI is InChI=1S/C53H93NO3/c1-3-5-7-9-11-13-15-17-19-21-23-25-26-27-28-29-31-33-35-37-39-41-43-45-47-49-53(57)54-51(50-55)52(56)48-46-44-42-40-38-36-34-32-30-24-22-20-18-16-14-12-10-8-6-4-2/h5,7,11,13,17,19,23,25,27-28,38,40,46,48,51-52,55-56H,3-4,6,8-10,12,14-16,18,20-22,24,26,29-37,39,41-45,47,49-50H2,1-2H3,(H,54,57)/b7-5-,13-11-,19-17-,25-23-,28-27-,40-38+,48-46+. The topological polar surface area (TPSA) is 69.6 Å². The van der Waals surface area contributed by atoms with Gasteiger partial charge in [0.25, 0.3) is 0 Å². The molecular weight excluding hydrogens is 699 g/mol. The molecular formula is C53H93NO3. The first-order valence-corrected chi connectivity index (χ1v) is 24.3. The fraction of sp³-hybridized carbons (Fsp3) is 0.717. The van der Waals surface area contributed by atoms with Gasteiger partial charge in [-0.15, -0.1) is 0 Å². The van der Waals surface area contributed by atoms with Crippen LogP contribution in [0, 0.1) is 0 Å². The number of aliphatic hydroxyl groups is 2. The van der Waals surface area contributed by atoms with Gasteiger partial charge in [-0.1, -0.05) is 227 Å². The van der Waals surface area contributed by atoms with Crippen molar-refractivity contribution in [1.82, 2.24) is 5.32 Å². The summed E-state index contributed by atoms with van der Waals surface area (Å²) in [6.45, 7) is 4.18. The van der Waals surface area contributed by atoms with E-state index in [1.807, 2.05) is 6.08 Å². The van der Waals surface area contributed by atoms with Crippen LogP contribution in [0.5, 0.6) is 0 Å². The Hall–Kier alpha value is -2.43. The number of allylic oxidation sites excluding steroid dienone is 13. The number of nitrogens with one attached hydrogen (secondary N) is 1. The zero-order valence-corrected chi connectivity index (χ0v) is 37.6. The summed E-state index contributed by atoms with van der Waals surface area (Å²) in [5.74, 6) is -0.0829. The lowest BCUT2D eigenvalue weighted by Crippen LogP contribution is -2.45. The van der Waals surface area contributed by atoms with E-state index < -0.39 is 12.1 Å². The summed E-state index contributed by atoms with van der Waals surface area (Å²) in [7, 11) is 0. The van der Waals surface area contributed by atoms with Gasteiger partial charge < -0.3 is 15.5 Å². The highest BCUT2D eigenvalue weighted by atomic mass is 16.3. The number of unbranched alkanes of at least 4 members (excludes halogenated alkanes) is 24. The van der Waals surface area contributed by atoms with Crippen LogP contribution in [-0.2, 0) is 4.79 Å². The van der Waals surface area contributed by atoms with Gasteiger partial charge in [0.1, 0.15) is 0 Å². The molecule has 4 heteroatoms. The Kier molecular flexibility index (Phi) is 45.9. The molecule has 1 amide bonds. The molecule has 57 heavy (non-hydrogen) atoms. The maximum Gasteiger partial charge on any atom is 0.220 e. The van der Waals surface area contributed by atoms with E-state index in [1.165, 1.54) is 135 Å². The molecule has 0 aromatic carbocycles. The summed E-state index contributed by atoms with van der Waals surface area (Å²) < 4.78 is 0. The molecule has 4 nitrogen and oxygen atoms in total. The zero-order chi connectivity index (χ0) is 41.4. The largest absolute Gasteiger partial charge is 0.394 e. The third-order valence-corrected chi connectivity index (χ3v) is 10.6. The van der Waals surface area contributed by atoms with Crippen LogP contribution in [0.15, 0.2) is 85.1 Å². The van der Waals surface area contributed by atoms with Gasteiger partial charge in [0.05, 0.1) is 18.8 Å². The second-order valence-corrected chi connectivity index (χ2v) is 16.1. The van der Waals surface area contributed by atoms with E-state index in [4.69, 9.17) is 0 Å². The molecule has 0 aliphatic carbocycles.